The van der Waals surface area contributed by atoms with Gasteiger partial charge in [-0.1, -0.05) is 19.4 Å². The zero-order chi connectivity index (χ0) is 17.1. The zero-order valence-corrected chi connectivity index (χ0v) is 15.2. The quantitative estimate of drug-likeness (QED) is 0.731. The Balaban J connectivity index is 1.76. The van der Waals surface area contributed by atoms with Crippen molar-refractivity contribution < 1.29 is 4.79 Å². The van der Waals surface area contributed by atoms with Gasteiger partial charge in [0.1, 0.15) is 11.4 Å². The zero-order valence-electron chi connectivity index (χ0n) is 13.6. The Morgan fingerprint density at radius 1 is 1.46 bits per heavy atom. The number of aryl methyl sites for hydroxylation is 1. The van der Waals surface area contributed by atoms with Crippen molar-refractivity contribution in [2.24, 2.45) is 0 Å². The molecule has 1 unspecified atom stereocenters. The van der Waals surface area contributed by atoms with Crippen LogP contribution in [-0.4, -0.2) is 15.5 Å². The minimum Gasteiger partial charge on any atom is -0.347 e. The second kappa shape index (κ2) is 7.27. The molecule has 7 heteroatoms. The molecule has 0 aliphatic carbocycles. The number of thiophene rings is 2. The molecule has 0 saturated carbocycles. The molecular formula is C17H19N3O2S2. The molecule has 0 aliphatic heterocycles. The minimum absolute atomic E-state index is 0.00159. The van der Waals surface area contributed by atoms with E-state index in [1.54, 1.807) is 11.3 Å². The largest absolute Gasteiger partial charge is 0.347 e. The Hall–Kier alpha value is -1.99. The van der Waals surface area contributed by atoms with Crippen LogP contribution in [0.2, 0.25) is 0 Å². The van der Waals surface area contributed by atoms with Crippen LogP contribution in [0.5, 0.6) is 0 Å². The van der Waals surface area contributed by atoms with E-state index >= 15 is 0 Å². The first kappa shape index (κ1) is 16.9. The molecule has 0 radical (unpaired) electrons. The van der Waals surface area contributed by atoms with Crippen molar-refractivity contribution in [3.63, 3.8) is 0 Å². The molecule has 1 amide bonds. The highest BCUT2D eigenvalue weighted by atomic mass is 32.1. The van der Waals surface area contributed by atoms with Gasteiger partial charge in [0.2, 0.25) is 5.91 Å². The second-order valence-corrected chi connectivity index (χ2v) is 7.89. The summed E-state index contributed by atoms with van der Waals surface area (Å²) in [6.07, 6.45) is 3.31. The van der Waals surface area contributed by atoms with Crippen LogP contribution in [-0.2, 0) is 11.3 Å². The average Bonchev–Trinajstić information content (AvgIpc) is 3.19. The van der Waals surface area contributed by atoms with Crippen LogP contribution in [0.3, 0.4) is 0 Å². The van der Waals surface area contributed by atoms with Crippen molar-refractivity contribution in [1.82, 2.24) is 14.9 Å². The van der Waals surface area contributed by atoms with Crippen LogP contribution in [0.25, 0.3) is 10.2 Å². The molecule has 1 N–H and O–H groups in total. The lowest BCUT2D eigenvalue weighted by molar-refractivity contribution is -0.122. The predicted molar refractivity (Wildman–Crippen MR) is 98.7 cm³/mol. The normalized spacial score (nSPS) is 12.4. The number of amides is 1. The summed E-state index contributed by atoms with van der Waals surface area (Å²) in [5.41, 5.74) is -0.164. The summed E-state index contributed by atoms with van der Waals surface area (Å²) < 4.78 is 1.38. The van der Waals surface area contributed by atoms with Crippen LogP contribution in [0.4, 0.5) is 0 Å². The van der Waals surface area contributed by atoms with Crippen LogP contribution in [0.1, 0.15) is 35.6 Å². The smallest absolute Gasteiger partial charge is 0.262 e. The van der Waals surface area contributed by atoms with Gasteiger partial charge < -0.3 is 5.32 Å². The molecule has 0 spiro atoms. The first-order valence-corrected chi connectivity index (χ1v) is 9.56. The second-order valence-electron chi connectivity index (χ2n) is 5.68. The number of aromatic nitrogens is 2. The molecule has 3 rings (SSSR count). The minimum atomic E-state index is -0.169. The van der Waals surface area contributed by atoms with E-state index in [-0.39, 0.29) is 24.1 Å². The van der Waals surface area contributed by atoms with Gasteiger partial charge in [-0.05, 0) is 30.9 Å². The van der Waals surface area contributed by atoms with Crippen molar-refractivity contribution >= 4 is 38.8 Å². The van der Waals surface area contributed by atoms with Crippen LogP contribution < -0.4 is 10.9 Å². The number of fused-ring (bicyclic) bond motifs is 1. The summed E-state index contributed by atoms with van der Waals surface area (Å²) in [6, 6.07) is 5.84. The van der Waals surface area contributed by atoms with E-state index in [0.29, 0.717) is 5.39 Å². The number of nitrogens with zero attached hydrogens (tertiary/aromatic N) is 2. The molecule has 0 aliphatic rings. The van der Waals surface area contributed by atoms with E-state index in [0.717, 1.165) is 27.4 Å². The van der Waals surface area contributed by atoms with Crippen molar-refractivity contribution in [2.45, 2.75) is 39.3 Å². The fourth-order valence-electron chi connectivity index (χ4n) is 2.65. The number of carbonyl (C=O) groups excluding carboxylic acids is 1. The van der Waals surface area contributed by atoms with Gasteiger partial charge in [-0.15, -0.1) is 22.7 Å². The summed E-state index contributed by atoms with van der Waals surface area (Å²) in [5.74, 6) is -0.169. The maximum absolute atomic E-state index is 12.5. The standard InChI is InChI=1S/C17H19N3O2S2/c1-3-5-13(14-6-4-7-23-14)19-15(21)9-20-10-18-16-12(17(20)22)8-11(2)24-16/h4,6-8,10,13H,3,5,9H2,1-2H3,(H,19,21). The Labute approximate surface area is 148 Å². The summed E-state index contributed by atoms with van der Waals surface area (Å²) in [6.45, 7) is 4.02. The van der Waals surface area contributed by atoms with Crippen molar-refractivity contribution in [1.29, 1.82) is 0 Å². The van der Waals surface area contributed by atoms with Gasteiger partial charge in [0.05, 0.1) is 17.8 Å². The fraction of sp³-hybridized carbons (Fsp3) is 0.353. The molecule has 126 valence electrons. The molecule has 3 heterocycles. The summed E-state index contributed by atoms with van der Waals surface area (Å²) in [5, 5.41) is 5.62. The van der Waals surface area contributed by atoms with E-state index < -0.39 is 0 Å². The van der Waals surface area contributed by atoms with Crippen LogP contribution >= 0.6 is 22.7 Å². The third kappa shape index (κ3) is 3.57. The monoisotopic (exact) mass is 361 g/mol. The fourth-order valence-corrected chi connectivity index (χ4v) is 4.30. The number of nitrogens with one attached hydrogen (secondary N) is 1. The first-order valence-electron chi connectivity index (χ1n) is 7.87. The van der Waals surface area contributed by atoms with E-state index in [9.17, 15) is 9.59 Å². The van der Waals surface area contributed by atoms with Crippen molar-refractivity contribution in [2.75, 3.05) is 0 Å². The molecular weight excluding hydrogens is 342 g/mol. The van der Waals surface area contributed by atoms with Crippen molar-refractivity contribution in [3.8, 4) is 0 Å². The number of hydrogen-bond donors (Lipinski definition) is 1. The van der Waals surface area contributed by atoms with E-state index in [1.165, 1.54) is 22.2 Å². The van der Waals surface area contributed by atoms with E-state index in [2.05, 4.69) is 17.2 Å². The van der Waals surface area contributed by atoms with Crippen LogP contribution in [0.15, 0.2) is 34.7 Å². The molecule has 5 nitrogen and oxygen atoms in total. The molecule has 0 bridgehead atoms. The van der Waals surface area contributed by atoms with Gasteiger partial charge in [-0.2, -0.15) is 0 Å². The van der Waals surface area contributed by atoms with Gasteiger partial charge in [-0.25, -0.2) is 4.98 Å². The Bertz CT molecular complexity index is 896. The maximum Gasteiger partial charge on any atom is 0.262 e. The summed E-state index contributed by atoms with van der Waals surface area (Å²) in [4.78, 5) is 32.0. The predicted octanol–water partition coefficient (Wildman–Crippen LogP) is 3.49. The first-order chi connectivity index (χ1) is 11.6. The van der Waals surface area contributed by atoms with Gasteiger partial charge in [-0.3, -0.25) is 14.2 Å². The van der Waals surface area contributed by atoms with Gasteiger partial charge in [0, 0.05) is 9.75 Å². The topological polar surface area (TPSA) is 64.0 Å². The lowest BCUT2D eigenvalue weighted by Gasteiger charge is -2.17. The highest BCUT2D eigenvalue weighted by Gasteiger charge is 2.16. The lowest BCUT2D eigenvalue weighted by Crippen LogP contribution is -2.34. The van der Waals surface area contributed by atoms with Crippen molar-refractivity contribution in [3.05, 3.63) is 50.0 Å². The number of rotatable bonds is 6. The van der Waals surface area contributed by atoms with Gasteiger partial charge in [0.25, 0.3) is 5.56 Å². The summed E-state index contributed by atoms with van der Waals surface area (Å²) in [7, 11) is 0. The molecule has 1 atom stereocenters. The van der Waals surface area contributed by atoms with E-state index in [1.807, 2.05) is 30.5 Å². The Kier molecular flexibility index (Phi) is 5.11. The number of hydrogen-bond acceptors (Lipinski definition) is 5. The van der Waals surface area contributed by atoms with E-state index in [4.69, 9.17) is 0 Å². The molecule has 0 aromatic carbocycles. The average molecular weight is 361 g/mol. The molecule has 0 saturated heterocycles. The lowest BCUT2D eigenvalue weighted by atomic mass is 10.1. The van der Waals surface area contributed by atoms with Gasteiger partial charge in [0.15, 0.2) is 0 Å². The molecule has 0 fully saturated rings. The maximum atomic E-state index is 12.5. The highest BCUT2D eigenvalue weighted by Crippen LogP contribution is 2.23. The number of carbonyl (C=O) groups is 1. The third-order valence-corrected chi connectivity index (χ3v) is 5.70. The highest BCUT2D eigenvalue weighted by molar-refractivity contribution is 7.18. The third-order valence-electron chi connectivity index (χ3n) is 3.75. The molecule has 24 heavy (non-hydrogen) atoms. The Morgan fingerprint density at radius 3 is 3.00 bits per heavy atom. The van der Waals surface area contributed by atoms with Gasteiger partial charge >= 0.3 is 0 Å². The SMILES string of the molecule is CCCC(NC(=O)Cn1cnc2sc(C)cc2c1=O)c1cccs1. The van der Waals surface area contributed by atoms with Crippen LogP contribution in [0, 0.1) is 6.92 Å². The Morgan fingerprint density at radius 2 is 2.29 bits per heavy atom. The summed E-state index contributed by atoms with van der Waals surface area (Å²) >= 11 is 3.12. The molecule has 3 aromatic heterocycles. The molecule has 3 aromatic rings.